The molecule has 6 heteroatoms. The van der Waals surface area contributed by atoms with E-state index >= 15 is 0 Å². The number of fused-ring (bicyclic) bond motifs is 1. The van der Waals surface area contributed by atoms with Crippen LogP contribution in [0.5, 0.6) is 0 Å². The van der Waals surface area contributed by atoms with Gasteiger partial charge in [0.2, 0.25) is 0 Å². The fraction of sp³-hybridized carbons (Fsp3) is 0.412. The van der Waals surface area contributed by atoms with Gasteiger partial charge in [0.25, 0.3) is 0 Å². The van der Waals surface area contributed by atoms with Crippen LogP contribution >= 0.6 is 0 Å². The highest BCUT2D eigenvalue weighted by atomic mass is 32.2. The van der Waals surface area contributed by atoms with Gasteiger partial charge in [0, 0.05) is 11.8 Å². The molecule has 1 fully saturated rings. The second kappa shape index (κ2) is 5.03. The zero-order valence-corrected chi connectivity index (χ0v) is 14.3. The Labute approximate surface area is 136 Å². The largest absolute Gasteiger partial charge is 0.358 e. The molecular formula is C17H19NO4S. The number of benzene rings is 1. The number of ketones is 1. The Morgan fingerprint density at radius 2 is 1.70 bits per heavy atom. The first kappa shape index (κ1) is 15.9. The average Bonchev–Trinajstić information content (AvgIpc) is 3.05. The number of hydrogen-bond donors (Lipinski definition) is 0. The zero-order valence-electron chi connectivity index (χ0n) is 13.5. The Hall–Kier alpha value is -1.95. The molecule has 23 heavy (non-hydrogen) atoms. The minimum absolute atomic E-state index is 0.0617. The molecule has 0 spiro atoms. The Kier molecular flexibility index (Phi) is 3.48. The summed E-state index contributed by atoms with van der Waals surface area (Å²) in [5.74, 6) is -0.0933. The van der Waals surface area contributed by atoms with E-state index in [2.05, 4.69) is 5.16 Å². The quantitative estimate of drug-likeness (QED) is 0.797. The Bertz CT molecular complexity index is 832. The number of nitrogens with zero attached hydrogens (tertiary/aromatic N) is 1. The topological polar surface area (TPSA) is 72.8 Å². The monoisotopic (exact) mass is 333 g/mol. The van der Waals surface area contributed by atoms with Gasteiger partial charge < -0.3 is 0 Å². The van der Waals surface area contributed by atoms with Crippen LogP contribution in [0.4, 0.5) is 0 Å². The molecule has 1 aromatic carbocycles. The third-order valence-electron chi connectivity index (χ3n) is 4.73. The summed E-state index contributed by atoms with van der Waals surface area (Å²) < 4.78 is 29.3. The van der Waals surface area contributed by atoms with Crippen molar-refractivity contribution in [3.63, 3.8) is 0 Å². The van der Waals surface area contributed by atoms with Gasteiger partial charge in [-0.25, -0.2) is 0 Å². The molecule has 1 aromatic rings. The predicted octanol–water partition coefficient (Wildman–Crippen LogP) is 2.86. The van der Waals surface area contributed by atoms with Crippen molar-refractivity contribution in [1.29, 1.82) is 0 Å². The summed E-state index contributed by atoms with van der Waals surface area (Å²) >= 11 is 0. The van der Waals surface area contributed by atoms with E-state index in [0.29, 0.717) is 11.3 Å². The Morgan fingerprint density at radius 1 is 1.09 bits per heavy atom. The van der Waals surface area contributed by atoms with Crippen LogP contribution < -0.4 is 0 Å². The third kappa shape index (κ3) is 2.61. The van der Waals surface area contributed by atoms with E-state index < -0.39 is 10.1 Å². The van der Waals surface area contributed by atoms with Crippen molar-refractivity contribution in [3.05, 3.63) is 41.5 Å². The fourth-order valence-electron chi connectivity index (χ4n) is 3.23. The van der Waals surface area contributed by atoms with Crippen LogP contribution in [0.2, 0.25) is 0 Å². The number of allylic oxidation sites excluding steroid dienone is 2. The van der Waals surface area contributed by atoms with Crippen LogP contribution in [0.1, 0.15) is 26.3 Å². The number of Topliss-reactive ketones (excluding diaryl/α,β-unsaturated/α-hetero) is 1. The molecule has 3 rings (SSSR count). The molecular weight excluding hydrogens is 314 g/mol. The molecule has 2 atom stereocenters. The molecule has 0 heterocycles. The van der Waals surface area contributed by atoms with Gasteiger partial charge >= 0.3 is 10.1 Å². The number of carbonyl (C=O) groups is 1. The third-order valence-corrected chi connectivity index (χ3v) is 5.85. The molecule has 2 aliphatic carbocycles. The fourth-order valence-corrected chi connectivity index (χ4v) is 3.97. The number of rotatable bonds is 3. The van der Waals surface area contributed by atoms with Crippen molar-refractivity contribution in [3.8, 4) is 0 Å². The van der Waals surface area contributed by atoms with Crippen LogP contribution in [0.3, 0.4) is 0 Å². The second-order valence-corrected chi connectivity index (χ2v) is 8.35. The molecule has 1 saturated carbocycles. The molecule has 0 radical (unpaired) electrons. The Morgan fingerprint density at radius 3 is 2.30 bits per heavy atom. The molecule has 5 nitrogen and oxygen atoms in total. The SMILES string of the molecule is CC1=CC(=NOS(=O)(=O)c2ccc(C)cc2)[C@@H]2[C@H](C1=O)C2(C)C. The maximum Gasteiger partial charge on any atom is 0.358 e. The lowest BCUT2D eigenvalue weighted by Gasteiger charge is -2.09. The summed E-state index contributed by atoms with van der Waals surface area (Å²) in [6.07, 6.45) is 1.63. The molecule has 0 amide bonds. The Balaban J connectivity index is 1.88. The molecule has 122 valence electrons. The van der Waals surface area contributed by atoms with Gasteiger partial charge in [-0.1, -0.05) is 36.7 Å². The van der Waals surface area contributed by atoms with Crippen molar-refractivity contribution in [2.24, 2.45) is 22.4 Å². The zero-order chi connectivity index (χ0) is 17.0. The minimum atomic E-state index is -3.95. The van der Waals surface area contributed by atoms with Gasteiger partial charge in [0.1, 0.15) is 4.90 Å². The molecule has 0 saturated heterocycles. The lowest BCUT2D eigenvalue weighted by Crippen LogP contribution is -2.16. The summed E-state index contributed by atoms with van der Waals surface area (Å²) in [7, 11) is -3.95. The van der Waals surface area contributed by atoms with Gasteiger partial charge in [-0.05, 0) is 43.0 Å². The van der Waals surface area contributed by atoms with E-state index in [1.54, 1.807) is 25.1 Å². The standard InChI is InChI=1S/C17H19NO4S/c1-10-5-7-12(8-6-10)23(20,21)22-18-13-9-11(2)16(19)15-14(13)17(15,3)4/h5-9,14-15H,1-4H3/t14-,15-/m1/s1. The van der Waals surface area contributed by atoms with E-state index in [1.807, 2.05) is 20.8 Å². The molecule has 0 N–H and O–H groups in total. The van der Waals surface area contributed by atoms with Crippen molar-refractivity contribution in [2.45, 2.75) is 32.6 Å². The smallest absolute Gasteiger partial charge is 0.294 e. The molecule has 2 aliphatic rings. The summed E-state index contributed by atoms with van der Waals surface area (Å²) in [6, 6.07) is 6.37. The molecule has 0 aromatic heterocycles. The molecule has 0 aliphatic heterocycles. The number of oxime groups is 1. The normalized spacial score (nSPS) is 27.4. The van der Waals surface area contributed by atoms with Crippen LogP contribution in [-0.2, 0) is 19.2 Å². The van der Waals surface area contributed by atoms with E-state index in [-0.39, 0.29) is 27.9 Å². The average molecular weight is 333 g/mol. The summed E-state index contributed by atoms with van der Waals surface area (Å²) in [6.45, 7) is 7.56. The van der Waals surface area contributed by atoms with Gasteiger partial charge in [0.05, 0.1) is 5.71 Å². The second-order valence-electron chi connectivity index (χ2n) is 6.83. The summed E-state index contributed by atoms with van der Waals surface area (Å²) in [4.78, 5) is 12.2. The van der Waals surface area contributed by atoms with Gasteiger partial charge in [-0.2, -0.15) is 8.42 Å². The van der Waals surface area contributed by atoms with E-state index in [0.717, 1.165) is 5.56 Å². The maximum absolute atomic E-state index is 12.2. The highest BCUT2D eigenvalue weighted by molar-refractivity contribution is 7.86. The minimum Gasteiger partial charge on any atom is -0.294 e. The first-order valence-corrected chi connectivity index (χ1v) is 8.86. The highest BCUT2D eigenvalue weighted by Gasteiger charge is 2.65. The number of carbonyl (C=O) groups excluding carboxylic acids is 1. The predicted molar refractivity (Wildman–Crippen MR) is 86.4 cm³/mol. The number of aryl methyl sites for hydroxylation is 1. The van der Waals surface area contributed by atoms with Crippen LogP contribution in [0.15, 0.2) is 46.0 Å². The van der Waals surface area contributed by atoms with Gasteiger partial charge in [0.15, 0.2) is 5.78 Å². The molecule has 0 bridgehead atoms. The summed E-state index contributed by atoms with van der Waals surface area (Å²) in [5.41, 5.74) is 1.86. The van der Waals surface area contributed by atoms with Crippen LogP contribution in [-0.4, -0.2) is 19.9 Å². The van der Waals surface area contributed by atoms with Gasteiger partial charge in [-0.15, -0.1) is 0 Å². The van der Waals surface area contributed by atoms with E-state index in [4.69, 9.17) is 4.28 Å². The molecule has 0 unspecified atom stereocenters. The van der Waals surface area contributed by atoms with E-state index in [9.17, 15) is 13.2 Å². The van der Waals surface area contributed by atoms with Crippen molar-refractivity contribution >= 4 is 21.6 Å². The highest BCUT2D eigenvalue weighted by Crippen LogP contribution is 2.61. The lowest BCUT2D eigenvalue weighted by molar-refractivity contribution is -0.117. The van der Waals surface area contributed by atoms with Crippen molar-refractivity contribution < 1.29 is 17.5 Å². The van der Waals surface area contributed by atoms with Gasteiger partial charge in [-0.3, -0.25) is 9.08 Å². The van der Waals surface area contributed by atoms with Crippen molar-refractivity contribution in [2.75, 3.05) is 0 Å². The summed E-state index contributed by atoms with van der Waals surface area (Å²) in [5, 5.41) is 3.86. The van der Waals surface area contributed by atoms with Crippen LogP contribution in [0.25, 0.3) is 0 Å². The first-order valence-electron chi connectivity index (χ1n) is 7.45. The maximum atomic E-state index is 12.2. The first-order chi connectivity index (χ1) is 10.6. The van der Waals surface area contributed by atoms with Crippen LogP contribution in [0, 0.1) is 24.2 Å². The van der Waals surface area contributed by atoms with Crippen molar-refractivity contribution in [1.82, 2.24) is 0 Å². The number of hydrogen-bond acceptors (Lipinski definition) is 5. The van der Waals surface area contributed by atoms with E-state index in [1.165, 1.54) is 12.1 Å². The lowest BCUT2D eigenvalue weighted by atomic mass is 9.98.